The molecule has 2 aromatic rings. The van der Waals surface area contributed by atoms with Crippen LogP contribution in [0.2, 0.25) is 0 Å². The second-order valence-corrected chi connectivity index (χ2v) is 6.03. The summed E-state index contributed by atoms with van der Waals surface area (Å²) >= 11 is 0. The molecule has 0 spiro atoms. The van der Waals surface area contributed by atoms with E-state index in [-0.39, 0.29) is 5.91 Å². The third-order valence-electron chi connectivity index (χ3n) is 4.24. The molecule has 1 saturated heterocycles. The van der Waals surface area contributed by atoms with E-state index in [1.165, 1.54) is 6.20 Å². The number of carbonyl (C=O) groups is 2. The van der Waals surface area contributed by atoms with Gasteiger partial charge in [0.2, 0.25) is 11.9 Å². The van der Waals surface area contributed by atoms with E-state index in [0.717, 1.165) is 0 Å². The number of nitrogens with one attached hydrogen (secondary N) is 1. The maximum atomic E-state index is 12.1. The zero-order valence-corrected chi connectivity index (χ0v) is 15.4. The quantitative estimate of drug-likeness (QED) is 0.790. The third kappa shape index (κ3) is 4.49. The van der Waals surface area contributed by atoms with Gasteiger partial charge in [-0.1, -0.05) is 12.1 Å². The van der Waals surface area contributed by atoms with Crippen molar-refractivity contribution in [1.29, 1.82) is 0 Å². The molecule has 1 aromatic carbocycles. The highest BCUT2D eigenvalue weighted by Crippen LogP contribution is 2.21. The van der Waals surface area contributed by atoms with Crippen LogP contribution in [0.4, 0.5) is 17.5 Å². The van der Waals surface area contributed by atoms with Crippen molar-refractivity contribution in [3.05, 3.63) is 36.0 Å². The Morgan fingerprint density at radius 2 is 1.93 bits per heavy atom. The summed E-state index contributed by atoms with van der Waals surface area (Å²) in [4.78, 5) is 31.8. The fraction of sp³-hybridized carbons (Fsp3) is 0.389. The topological polar surface area (TPSA) is 101 Å². The predicted molar refractivity (Wildman–Crippen MR) is 100.0 cm³/mol. The Bertz CT molecular complexity index is 820. The van der Waals surface area contributed by atoms with Gasteiger partial charge >= 0.3 is 5.97 Å². The number of piperazine rings is 1. The molecule has 0 bridgehead atoms. The highest BCUT2D eigenvalue weighted by atomic mass is 16.5. The SMILES string of the molecule is CCOC(=O)c1ccccc1Nc1cnnc(N2CCN(C(C)=O)CC2)n1. The van der Waals surface area contributed by atoms with Crippen molar-refractivity contribution in [2.45, 2.75) is 13.8 Å². The van der Waals surface area contributed by atoms with Gasteiger partial charge in [0.1, 0.15) is 0 Å². The fourth-order valence-electron chi connectivity index (χ4n) is 2.83. The van der Waals surface area contributed by atoms with Gasteiger partial charge in [-0.2, -0.15) is 10.1 Å². The monoisotopic (exact) mass is 370 g/mol. The molecule has 2 heterocycles. The number of ether oxygens (including phenoxy) is 1. The van der Waals surface area contributed by atoms with Crippen LogP contribution in [0.25, 0.3) is 0 Å². The number of para-hydroxylation sites is 1. The molecule has 1 aliphatic heterocycles. The minimum atomic E-state index is -0.400. The van der Waals surface area contributed by atoms with E-state index in [1.54, 1.807) is 36.9 Å². The van der Waals surface area contributed by atoms with Crippen molar-refractivity contribution in [1.82, 2.24) is 20.1 Å². The molecule has 0 unspecified atom stereocenters. The Kier molecular flexibility index (Phi) is 5.80. The standard InChI is InChI=1S/C18H22N6O3/c1-3-27-17(26)14-6-4-5-7-15(14)20-16-12-19-22-18(21-16)24-10-8-23(9-11-24)13(2)25/h4-7,12H,3,8-11H2,1-2H3,(H,20,21,22). The van der Waals surface area contributed by atoms with Crippen molar-refractivity contribution in [2.75, 3.05) is 43.0 Å². The highest BCUT2D eigenvalue weighted by molar-refractivity contribution is 5.96. The van der Waals surface area contributed by atoms with E-state index in [2.05, 4.69) is 20.5 Å². The Morgan fingerprint density at radius 3 is 2.63 bits per heavy atom. The first-order valence-corrected chi connectivity index (χ1v) is 8.82. The van der Waals surface area contributed by atoms with Gasteiger partial charge in [-0.05, 0) is 19.1 Å². The Hall–Kier alpha value is -3.23. The molecule has 0 radical (unpaired) electrons. The van der Waals surface area contributed by atoms with Crippen molar-refractivity contribution >= 4 is 29.3 Å². The van der Waals surface area contributed by atoms with Gasteiger partial charge in [-0.15, -0.1) is 5.10 Å². The lowest BCUT2D eigenvalue weighted by atomic mass is 10.2. The van der Waals surface area contributed by atoms with Crippen LogP contribution in [0.5, 0.6) is 0 Å². The van der Waals surface area contributed by atoms with Crippen LogP contribution in [0.15, 0.2) is 30.5 Å². The number of aromatic nitrogens is 3. The number of amides is 1. The second-order valence-electron chi connectivity index (χ2n) is 6.03. The Labute approximate surface area is 157 Å². The molecule has 1 N–H and O–H groups in total. The summed E-state index contributed by atoms with van der Waals surface area (Å²) in [5.41, 5.74) is 1.01. The minimum absolute atomic E-state index is 0.0692. The summed E-state index contributed by atoms with van der Waals surface area (Å²) in [5, 5.41) is 11.2. The van der Waals surface area contributed by atoms with Gasteiger partial charge in [0, 0.05) is 33.1 Å². The highest BCUT2D eigenvalue weighted by Gasteiger charge is 2.21. The van der Waals surface area contributed by atoms with Gasteiger partial charge in [0.25, 0.3) is 0 Å². The van der Waals surface area contributed by atoms with Crippen LogP contribution in [-0.4, -0.2) is 64.7 Å². The van der Waals surface area contributed by atoms with Gasteiger partial charge in [-0.25, -0.2) is 4.79 Å². The molecular formula is C18H22N6O3. The van der Waals surface area contributed by atoms with Gasteiger partial charge < -0.3 is 19.9 Å². The molecule has 0 saturated carbocycles. The molecule has 1 aromatic heterocycles. The number of hydrogen-bond acceptors (Lipinski definition) is 8. The van der Waals surface area contributed by atoms with E-state index in [4.69, 9.17) is 4.74 Å². The second kappa shape index (κ2) is 8.43. The van der Waals surface area contributed by atoms with Crippen LogP contribution in [0.1, 0.15) is 24.2 Å². The molecule has 1 amide bonds. The van der Waals surface area contributed by atoms with Crippen LogP contribution in [0, 0.1) is 0 Å². The molecule has 27 heavy (non-hydrogen) atoms. The number of anilines is 3. The molecule has 9 heteroatoms. The number of rotatable bonds is 5. The van der Waals surface area contributed by atoms with Crippen LogP contribution < -0.4 is 10.2 Å². The number of nitrogens with zero attached hydrogens (tertiary/aromatic N) is 5. The summed E-state index contributed by atoms with van der Waals surface area (Å²) in [6.07, 6.45) is 1.50. The van der Waals surface area contributed by atoms with Crippen LogP contribution >= 0.6 is 0 Å². The Balaban J connectivity index is 1.74. The third-order valence-corrected chi connectivity index (χ3v) is 4.24. The molecule has 0 atom stereocenters. The zero-order valence-electron chi connectivity index (χ0n) is 15.4. The normalized spacial score (nSPS) is 14.0. The first-order chi connectivity index (χ1) is 13.1. The molecule has 0 aliphatic carbocycles. The van der Waals surface area contributed by atoms with Crippen molar-refractivity contribution < 1.29 is 14.3 Å². The van der Waals surface area contributed by atoms with E-state index in [1.807, 2.05) is 11.0 Å². The first kappa shape index (κ1) is 18.6. The van der Waals surface area contributed by atoms with Crippen molar-refractivity contribution in [3.8, 4) is 0 Å². The van der Waals surface area contributed by atoms with E-state index >= 15 is 0 Å². The zero-order chi connectivity index (χ0) is 19.2. The summed E-state index contributed by atoms with van der Waals surface area (Å²) in [6.45, 7) is 6.18. The smallest absolute Gasteiger partial charge is 0.340 e. The number of esters is 1. The average molecular weight is 370 g/mol. The summed E-state index contributed by atoms with van der Waals surface area (Å²) in [5.74, 6) is 0.630. The molecule has 9 nitrogen and oxygen atoms in total. The lowest BCUT2D eigenvalue weighted by Crippen LogP contribution is -2.48. The molecule has 142 valence electrons. The first-order valence-electron chi connectivity index (χ1n) is 8.82. The number of carbonyl (C=O) groups excluding carboxylic acids is 2. The maximum absolute atomic E-state index is 12.1. The number of benzene rings is 1. The van der Waals surface area contributed by atoms with Crippen molar-refractivity contribution in [2.24, 2.45) is 0 Å². The predicted octanol–water partition coefficient (Wildman–Crippen LogP) is 1.46. The lowest BCUT2D eigenvalue weighted by Gasteiger charge is -2.33. The molecule has 3 rings (SSSR count). The van der Waals surface area contributed by atoms with E-state index in [9.17, 15) is 9.59 Å². The molecular weight excluding hydrogens is 348 g/mol. The summed E-state index contributed by atoms with van der Waals surface area (Å²) < 4.78 is 5.09. The molecule has 1 aliphatic rings. The maximum Gasteiger partial charge on any atom is 0.340 e. The fourth-order valence-corrected chi connectivity index (χ4v) is 2.83. The lowest BCUT2D eigenvalue weighted by molar-refractivity contribution is -0.129. The van der Waals surface area contributed by atoms with Crippen LogP contribution in [0.3, 0.4) is 0 Å². The van der Waals surface area contributed by atoms with Gasteiger partial charge in [-0.3, -0.25) is 4.79 Å². The summed E-state index contributed by atoms with van der Waals surface area (Å²) in [7, 11) is 0. The van der Waals surface area contributed by atoms with Crippen LogP contribution in [-0.2, 0) is 9.53 Å². The molecule has 1 fully saturated rings. The van der Waals surface area contributed by atoms with Crippen molar-refractivity contribution in [3.63, 3.8) is 0 Å². The summed E-state index contributed by atoms with van der Waals surface area (Å²) in [6, 6.07) is 7.06. The average Bonchev–Trinajstić information content (AvgIpc) is 2.69. The minimum Gasteiger partial charge on any atom is -0.462 e. The van der Waals surface area contributed by atoms with Gasteiger partial charge in [0.05, 0.1) is 24.1 Å². The number of hydrogen-bond donors (Lipinski definition) is 1. The largest absolute Gasteiger partial charge is 0.462 e. The van der Waals surface area contributed by atoms with E-state index in [0.29, 0.717) is 55.8 Å². The van der Waals surface area contributed by atoms with Gasteiger partial charge in [0.15, 0.2) is 5.82 Å². The van der Waals surface area contributed by atoms with E-state index < -0.39 is 5.97 Å². The Morgan fingerprint density at radius 1 is 1.19 bits per heavy atom.